The molecule has 3 rings (SSSR count). The van der Waals surface area contributed by atoms with Gasteiger partial charge in [0.15, 0.2) is 5.78 Å². The number of thiophene rings is 1. The normalized spacial score (nSPS) is 16.1. The Bertz CT molecular complexity index is 614. The van der Waals surface area contributed by atoms with Gasteiger partial charge < -0.3 is 10.3 Å². The summed E-state index contributed by atoms with van der Waals surface area (Å²) in [6, 6.07) is 1.73. The van der Waals surface area contributed by atoms with E-state index in [4.69, 9.17) is 11.6 Å². The lowest BCUT2D eigenvalue weighted by Gasteiger charge is -1.96. The van der Waals surface area contributed by atoms with E-state index in [1.54, 1.807) is 6.07 Å². The number of amides is 1. The van der Waals surface area contributed by atoms with Gasteiger partial charge in [-0.15, -0.1) is 11.3 Å². The Morgan fingerprint density at radius 2 is 2.19 bits per heavy atom. The molecule has 1 amide bonds. The van der Waals surface area contributed by atoms with Gasteiger partial charge in [-0.25, -0.2) is 0 Å². The van der Waals surface area contributed by atoms with Crippen LogP contribution in [0.1, 0.15) is 27.3 Å². The molecular formula is C10H7ClN2O2S. The Morgan fingerprint density at radius 3 is 3.00 bits per heavy atom. The van der Waals surface area contributed by atoms with Gasteiger partial charge in [0.25, 0.3) is 5.91 Å². The molecule has 0 spiro atoms. The van der Waals surface area contributed by atoms with Gasteiger partial charge in [0.05, 0.1) is 20.1 Å². The monoisotopic (exact) mass is 254 g/mol. The third-order valence-corrected chi connectivity index (χ3v) is 3.86. The number of rotatable bonds is 0. The highest BCUT2D eigenvalue weighted by atomic mass is 35.5. The number of carbonyl (C=O) groups is 2. The number of ketones is 1. The van der Waals surface area contributed by atoms with Gasteiger partial charge in [-0.05, 0) is 6.07 Å². The molecule has 0 unspecified atom stereocenters. The molecule has 0 fully saturated rings. The molecule has 2 aromatic rings. The highest BCUT2D eigenvalue weighted by Gasteiger charge is 2.26. The molecule has 6 heteroatoms. The fraction of sp³-hybridized carbons (Fsp3) is 0.200. The average Bonchev–Trinajstić information content (AvgIpc) is 2.68. The molecule has 4 nitrogen and oxygen atoms in total. The molecule has 0 saturated heterocycles. The second-order valence-corrected chi connectivity index (χ2v) is 5.28. The number of Topliss-reactive ketones (excluding diaryl/α,β-unsaturated/α-hetero) is 1. The highest BCUT2D eigenvalue weighted by molar-refractivity contribution is 7.23. The van der Waals surface area contributed by atoms with E-state index in [1.165, 1.54) is 11.3 Å². The van der Waals surface area contributed by atoms with E-state index in [0.717, 1.165) is 10.2 Å². The molecule has 0 aliphatic carbocycles. The van der Waals surface area contributed by atoms with E-state index in [-0.39, 0.29) is 11.7 Å². The molecule has 16 heavy (non-hydrogen) atoms. The second-order valence-electron chi connectivity index (χ2n) is 3.60. The zero-order chi connectivity index (χ0) is 11.3. The van der Waals surface area contributed by atoms with Crippen LogP contribution in [-0.4, -0.2) is 23.2 Å². The minimum Gasteiger partial charge on any atom is -0.350 e. The summed E-state index contributed by atoms with van der Waals surface area (Å²) in [4.78, 5) is 26.5. The molecule has 0 radical (unpaired) electrons. The van der Waals surface area contributed by atoms with E-state index >= 15 is 0 Å². The summed E-state index contributed by atoms with van der Waals surface area (Å²) in [7, 11) is 0. The van der Waals surface area contributed by atoms with Crippen molar-refractivity contribution in [2.45, 2.75) is 6.42 Å². The van der Waals surface area contributed by atoms with Crippen LogP contribution >= 0.6 is 22.9 Å². The van der Waals surface area contributed by atoms with Crippen LogP contribution in [0.5, 0.6) is 0 Å². The zero-order valence-electron chi connectivity index (χ0n) is 8.09. The van der Waals surface area contributed by atoms with E-state index in [2.05, 4.69) is 10.3 Å². The van der Waals surface area contributed by atoms with Gasteiger partial charge in [0.2, 0.25) is 0 Å². The van der Waals surface area contributed by atoms with Crippen molar-refractivity contribution >= 4 is 44.8 Å². The maximum Gasteiger partial charge on any atom is 0.268 e. The molecule has 0 saturated carbocycles. The second kappa shape index (κ2) is 3.33. The van der Waals surface area contributed by atoms with Gasteiger partial charge >= 0.3 is 0 Å². The van der Waals surface area contributed by atoms with E-state index in [1.807, 2.05) is 0 Å². The molecule has 3 heterocycles. The van der Waals surface area contributed by atoms with E-state index in [0.29, 0.717) is 28.6 Å². The standard InChI is InChI=1S/C10H7ClN2O2S/c11-6-3-4-9(16-6)7-5(14)1-2-12-10(15)8(7)13-4/h3,13H,1-2H2,(H,12,15). The summed E-state index contributed by atoms with van der Waals surface area (Å²) < 4.78 is 1.39. The van der Waals surface area contributed by atoms with Crippen molar-refractivity contribution in [3.05, 3.63) is 21.7 Å². The number of fused-ring (bicyclic) bond motifs is 3. The Hall–Kier alpha value is -1.33. The lowest BCUT2D eigenvalue weighted by molar-refractivity contribution is 0.0952. The number of aromatic amines is 1. The van der Waals surface area contributed by atoms with Crippen LogP contribution in [0.15, 0.2) is 6.07 Å². The first-order valence-corrected chi connectivity index (χ1v) is 5.98. The molecule has 0 aromatic carbocycles. The van der Waals surface area contributed by atoms with Gasteiger partial charge in [-0.2, -0.15) is 0 Å². The molecule has 1 aliphatic heterocycles. The van der Waals surface area contributed by atoms with Crippen molar-refractivity contribution < 1.29 is 9.59 Å². The summed E-state index contributed by atoms with van der Waals surface area (Å²) in [5.41, 5.74) is 1.60. The Morgan fingerprint density at radius 1 is 1.38 bits per heavy atom. The van der Waals surface area contributed by atoms with Crippen molar-refractivity contribution in [1.82, 2.24) is 10.3 Å². The van der Waals surface area contributed by atoms with Crippen molar-refractivity contribution in [1.29, 1.82) is 0 Å². The van der Waals surface area contributed by atoms with Crippen LogP contribution in [0.2, 0.25) is 4.34 Å². The minimum absolute atomic E-state index is 0.0156. The van der Waals surface area contributed by atoms with Crippen LogP contribution in [-0.2, 0) is 0 Å². The molecule has 82 valence electrons. The fourth-order valence-corrected chi connectivity index (χ4v) is 3.14. The lowest BCUT2D eigenvalue weighted by Crippen LogP contribution is -2.23. The number of nitrogens with one attached hydrogen (secondary N) is 2. The third-order valence-electron chi connectivity index (χ3n) is 2.58. The number of hydrogen-bond donors (Lipinski definition) is 2. The first-order chi connectivity index (χ1) is 7.66. The number of hydrogen-bond acceptors (Lipinski definition) is 3. The predicted octanol–water partition coefficient (Wildman–Crippen LogP) is 2.20. The van der Waals surface area contributed by atoms with Crippen molar-refractivity contribution in [2.24, 2.45) is 0 Å². The van der Waals surface area contributed by atoms with Crippen LogP contribution < -0.4 is 5.32 Å². The number of H-pyrrole nitrogens is 1. The van der Waals surface area contributed by atoms with Crippen molar-refractivity contribution in [2.75, 3.05) is 6.54 Å². The maximum absolute atomic E-state index is 11.9. The van der Waals surface area contributed by atoms with Crippen molar-refractivity contribution in [3.8, 4) is 0 Å². The van der Waals surface area contributed by atoms with Crippen molar-refractivity contribution in [3.63, 3.8) is 0 Å². The Balaban J connectivity index is 2.35. The SMILES string of the molecule is O=C1NCCC(=O)c2c1[nH]c1cc(Cl)sc21. The van der Waals surface area contributed by atoms with Crippen LogP contribution in [0.4, 0.5) is 0 Å². The summed E-state index contributed by atoms with van der Waals surface area (Å²) >= 11 is 7.20. The minimum atomic E-state index is -0.222. The highest BCUT2D eigenvalue weighted by Crippen LogP contribution is 2.34. The quantitative estimate of drug-likeness (QED) is 0.757. The van der Waals surface area contributed by atoms with E-state index < -0.39 is 0 Å². The first kappa shape index (κ1) is 9.86. The average molecular weight is 255 g/mol. The number of aromatic nitrogens is 1. The number of halogens is 1. The molecule has 2 N–H and O–H groups in total. The van der Waals surface area contributed by atoms with Crippen LogP contribution in [0.3, 0.4) is 0 Å². The zero-order valence-corrected chi connectivity index (χ0v) is 9.67. The van der Waals surface area contributed by atoms with E-state index in [9.17, 15) is 9.59 Å². The fourth-order valence-electron chi connectivity index (χ4n) is 1.89. The summed E-state index contributed by atoms with van der Waals surface area (Å²) in [6.45, 7) is 0.390. The van der Waals surface area contributed by atoms with Gasteiger partial charge in [-0.3, -0.25) is 9.59 Å². The van der Waals surface area contributed by atoms with Crippen LogP contribution in [0.25, 0.3) is 10.2 Å². The molecular weight excluding hydrogens is 248 g/mol. The summed E-state index contributed by atoms with van der Waals surface area (Å²) in [5.74, 6) is -0.238. The first-order valence-electron chi connectivity index (χ1n) is 4.79. The third kappa shape index (κ3) is 1.28. The lowest BCUT2D eigenvalue weighted by atomic mass is 10.1. The largest absolute Gasteiger partial charge is 0.350 e. The molecule has 0 atom stereocenters. The van der Waals surface area contributed by atoms with Gasteiger partial charge in [-0.1, -0.05) is 11.6 Å². The predicted molar refractivity (Wildman–Crippen MR) is 62.5 cm³/mol. The topological polar surface area (TPSA) is 62.0 Å². The Labute approximate surface area is 99.6 Å². The summed E-state index contributed by atoms with van der Waals surface area (Å²) in [6.07, 6.45) is 0.335. The smallest absolute Gasteiger partial charge is 0.268 e. The summed E-state index contributed by atoms with van der Waals surface area (Å²) in [5, 5.41) is 2.68. The molecule has 0 bridgehead atoms. The maximum atomic E-state index is 11.9. The van der Waals surface area contributed by atoms with Gasteiger partial charge in [0, 0.05) is 13.0 Å². The van der Waals surface area contributed by atoms with Crippen LogP contribution in [0, 0.1) is 0 Å². The number of carbonyl (C=O) groups excluding carboxylic acids is 2. The molecule has 1 aliphatic rings. The molecule has 2 aromatic heterocycles. The van der Waals surface area contributed by atoms with Gasteiger partial charge in [0.1, 0.15) is 5.69 Å². The Kier molecular flexibility index (Phi) is 2.05.